The highest BCUT2D eigenvalue weighted by Gasteiger charge is 2.42. The van der Waals surface area contributed by atoms with Gasteiger partial charge in [-0.25, -0.2) is 9.29 Å². The standard InChI is InChI=1S/C25H21FN2O4/c1-27(18-7-5-4-6-8-18)23-22(16-9-11-17(26)12-10-16)24(29)28(25(23)30)19-13-14-20(31-2)21(15-19)32-3/h4-15H,1-3H3. The molecule has 0 saturated carbocycles. The SMILES string of the molecule is COc1ccc(N2C(=O)C(c3ccc(F)cc3)=C(N(C)c3ccccc3)C2=O)cc1OC. The van der Waals surface area contributed by atoms with Crippen molar-refractivity contribution in [1.82, 2.24) is 0 Å². The monoisotopic (exact) mass is 432 g/mol. The second-order valence-corrected chi connectivity index (χ2v) is 7.11. The van der Waals surface area contributed by atoms with Crippen molar-refractivity contribution in [2.24, 2.45) is 0 Å². The highest BCUT2D eigenvalue weighted by atomic mass is 19.1. The van der Waals surface area contributed by atoms with Gasteiger partial charge < -0.3 is 14.4 Å². The highest BCUT2D eigenvalue weighted by molar-refractivity contribution is 6.46. The summed E-state index contributed by atoms with van der Waals surface area (Å²) in [4.78, 5) is 29.9. The van der Waals surface area contributed by atoms with Crippen molar-refractivity contribution in [1.29, 1.82) is 0 Å². The molecule has 0 aliphatic carbocycles. The van der Waals surface area contributed by atoms with E-state index in [1.54, 1.807) is 30.1 Å². The average Bonchev–Trinajstić information content (AvgIpc) is 3.09. The Morgan fingerprint density at radius 3 is 2.09 bits per heavy atom. The maximum absolute atomic E-state index is 13.6. The molecule has 0 N–H and O–H groups in total. The van der Waals surface area contributed by atoms with Gasteiger partial charge in [0, 0.05) is 18.8 Å². The molecular weight excluding hydrogens is 411 g/mol. The number of benzene rings is 3. The molecule has 0 saturated heterocycles. The number of rotatable bonds is 6. The molecule has 162 valence electrons. The summed E-state index contributed by atoms with van der Waals surface area (Å²) in [6.45, 7) is 0. The van der Waals surface area contributed by atoms with Crippen LogP contribution in [0.4, 0.5) is 15.8 Å². The first-order valence-corrected chi connectivity index (χ1v) is 9.86. The van der Waals surface area contributed by atoms with Gasteiger partial charge >= 0.3 is 0 Å². The number of hydrogen-bond acceptors (Lipinski definition) is 5. The summed E-state index contributed by atoms with van der Waals surface area (Å²) in [6, 6.07) is 19.6. The van der Waals surface area contributed by atoms with Gasteiger partial charge in [-0.2, -0.15) is 0 Å². The minimum atomic E-state index is -0.508. The van der Waals surface area contributed by atoms with Crippen molar-refractivity contribution in [2.75, 3.05) is 31.1 Å². The van der Waals surface area contributed by atoms with Gasteiger partial charge in [0.2, 0.25) is 0 Å². The number of anilines is 2. The number of imide groups is 1. The molecule has 1 aliphatic heterocycles. The fraction of sp³-hybridized carbons (Fsp3) is 0.120. The first kappa shape index (κ1) is 21.1. The van der Waals surface area contributed by atoms with Crippen LogP contribution < -0.4 is 19.3 Å². The van der Waals surface area contributed by atoms with Crippen LogP contribution in [-0.2, 0) is 9.59 Å². The Morgan fingerprint density at radius 1 is 0.812 bits per heavy atom. The average molecular weight is 432 g/mol. The number of nitrogens with zero attached hydrogens (tertiary/aromatic N) is 2. The van der Waals surface area contributed by atoms with Crippen LogP contribution in [-0.4, -0.2) is 33.1 Å². The predicted octanol–water partition coefficient (Wildman–Crippen LogP) is 4.26. The molecule has 2 amide bonds. The fourth-order valence-corrected chi connectivity index (χ4v) is 3.69. The number of carbonyl (C=O) groups is 2. The van der Waals surface area contributed by atoms with Crippen LogP contribution in [0.2, 0.25) is 0 Å². The van der Waals surface area contributed by atoms with E-state index in [-0.39, 0.29) is 11.3 Å². The number of methoxy groups -OCH3 is 2. The smallest absolute Gasteiger partial charge is 0.282 e. The molecule has 0 fully saturated rings. The van der Waals surface area contributed by atoms with Gasteiger partial charge in [0.15, 0.2) is 11.5 Å². The van der Waals surface area contributed by atoms with E-state index in [0.29, 0.717) is 22.7 Å². The first-order chi connectivity index (χ1) is 15.5. The third-order valence-electron chi connectivity index (χ3n) is 5.30. The molecule has 7 heteroatoms. The van der Waals surface area contributed by atoms with E-state index in [1.165, 1.54) is 38.5 Å². The van der Waals surface area contributed by atoms with Crippen molar-refractivity contribution in [2.45, 2.75) is 0 Å². The van der Waals surface area contributed by atoms with Crippen LogP contribution >= 0.6 is 0 Å². The van der Waals surface area contributed by atoms with Crippen molar-refractivity contribution in [3.8, 4) is 11.5 Å². The van der Waals surface area contributed by atoms with Gasteiger partial charge in [-0.3, -0.25) is 9.59 Å². The Hall–Kier alpha value is -4.13. The Balaban J connectivity index is 1.86. The molecule has 3 aromatic carbocycles. The fourth-order valence-electron chi connectivity index (χ4n) is 3.69. The number of ether oxygens (including phenoxy) is 2. The zero-order valence-electron chi connectivity index (χ0n) is 17.8. The first-order valence-electron chi connectivity index (χ1n) is 9.86. The molecule has 0 atom stereocenters. The van der Waals surface area contributed by atoms with E-state index >= 15 is 0 Å². The van der Waals surface area contributed by atoms with E-state index in [4.69, 9.17) is 9.47 Å². The van der Waals surface area contributed by atoms with E-state index in [9.17, 15) is 14.0 Å². The third-order valence-corrected chi connectivity index (χ3v) is 5.30. The maximum atomic E-state index is 13.6. The molecule has 1 aliphatic rings. The molecule has 0 bridgehead atoms. The van der Waals surface area contributed by atoms with Gasteiger partial charge in [-0.15, -0.1) is 0 Å². The Kier molecular flexibility index (Phi) is 5.64. The van der Waals surface area contributed by atoms with Gasteiger partial charge in [0.25, 0.3) is 11.8 Å². The van der Waals surface area contributed by atoms with E-state index in [1.807, 2.05) is 30.3 Å². The molecule has 32 heavy (non-hydrogen) atoms. The lowest BCUT2D eigenvalue weighted by Crippen LogP contribution is -2.34. The van der Waals surface area contributed by atoms with Crippen LogP contribution in [0.1, 0.15) is 5.56 Å². The Morgan fingerprint density at radius 2 is 1.47 bits per heavy atom. The summed E-state index contributed by atoms with van der Waals surface area (Å²) >= 11 is 0. The van der Waals surface area contributed by atoms with Gasteiger partial charge in [-0.05, 0) is 42.0 Å². The quantitative estimate of drug-likeness (QED) is 0.545. The molecule has 1 heterocycles. The van der Waals surface area contributed by atoms with Gasteiger partial charge in [0.05, 0.1) is 25.5 Å². The molecule has 0 aromatic heterocycles. The number of amides is 2. The minimum absolute atomic E-state index is 0.191. The second-order valence-electron chi connectivity index (χ2n) is 7.11. The predicted molar refractivity (Wildman–Crippen MR) is 120 cm³/mol. The molecule has 4 rings (SSSR count). The number of hydrogen-bond donors (Lipinski definition) is 0. The summed E-state index contributed by atoms with van der Waals surface area (Å²) in [6.07, 6.45) is 0. The summed E-state index contributed by atoms with van der Waals surface area (Å²) in [7, 11) is 4.70. The third kappa shape index (κ3) is 3.58. The lowest BCUT2D eigenvalue weighted by molar-refractivity contribution is -0.120. The minimum Gasteiger partial charge on any atom is -0.493 e. The number of halogens is 1. The normalized spacial score (nSPS) is 13.6. The van der Waals surface area contributed by atoms with Gasteiger partial charge in [-0.1, -0.05) is 30.3 Å². The molecular formula is C25H21FN2O4. The maximum Gasteiger partial charge on any atom is 0.282 e. The van der Waals surface area contributed by atoms with E-state index in [0.717, 1.165) is 10.6 Å². The van der Waals surface area contributed by atoms with Crippen LogP contribution in [0, 0.1) is 5.82 Å². The second kappa shape index (κ2) is 8.55. The largest absolute Gasteiger partial charge is 0.493 e. The van der Waals surface area contributed by atoms with Crippen molar-refractivity contribution in [3.63, 3.8) is 0 Å². The summed E-state index contributed by atoms with van der Waals surface area (Å²) in [5.74, 6) is -0.567. The Bertz CT molecular complexity index is 1210. The van der Waals surface area contributed by atoms with Crippen LogP contribution in [0.15, 0.2) is 78.5 Å². The van der Waals surface area contributed by atoms with E-state index in [2.05, 4.69) is 0 Å². The van der Waals surface area contributed by atoms with Crippen LogP contribution in [0.3, 0.4) is 0 Å². The van der Waals surface area contributed by atoms with Crippen LogP contribution in [0.5, 0.6) is 11.5 Å². The Labute approximate surface area is 185 Å². The number of carbonyl (C=O) groups excluding carboxylic acids is 2. The zero-order valence-corrected chi connectivity index (χ0v) is 17.8. The van der Waals surface area contributed by atoms with E-state index < -0.39 is 17.6 Å². The summed E-state index contributed by atoms with van der Waals surface area (Å²) in [5, 5.41) is 0. The topological polar surface area (TPSA) is 59.1 Å². The number of para-hydroxylation sites is 1. The molecule has 0 spiro atoms. The van der Waals surface area contributed by atoms with Crippen molar-refractivity contribution >= 4 is 28.8 Å². The summed E-state index contributed by atoms with van der Waals surface area (Å²) < 4.78 is 24.1. The van der Waals surface area contributed by atoms with Crippen molar-refractivity contribution in [3.05, 3.63) is 89.9 Å². The number of likely N-dealkylation sites (N-methyl/N-ethyl adjacent to an activating group) is 1. The lowest BCUT2D eigenvalue weighted by Gasteiger charge is -2.22. The molecule has 3 aromatic rings. The van der Waals surface area contributed by atoms with Crippen LogP contribution in [0.25, 0.3) is 5.57 Å². The molecule has 0 radical (unpaired) electrons. The van der Waals surface area contributed by atoms with Gasteiger partial charge in [0.1, 0.15) is 11.5 Å². The molecule has 6 nitrogen and oxygen atoms in total. The summed E-state index contributed by atoms with van der Waals surface area (Å²) in [5.41, 5.74) is 1.91. The molecule has 0 unspecified atom stereocenters. The van der Waals surface area contributed by atoms with Crippen molar-refractivity contribution < 1.29 is 23.5 Å². The zero-order chi connectivity index (χ0) is 22.8. The highest BCUT2D eigenvalue weighted by Crippen LogP contribution is 2.39. The lowest BCUT2D eigenvalue weighted by atomic mass is 10.0.